The first kappa shape index (κ1) is 96.6. The predicted molar refractivity (Wildman–Crippen MR) is 525 cm³/mol. The van der Waals surface area contributed by atoms with E-state index in [1.165, 1.54) is 0 Å². The number of ether oxygens (including phenoxy) is 16. The van der Waals surface area contributed by atoms with Crippen LogP contribution < -0.4 is 37.9 Å². The molecule has 130 heavy (non-hydrogen) atoms. The normalized spacial score (nSPS) is 12.0. The second kappa shape index (κ2) is 50.5. The third-order valence-corrected chi connectivity index (χ3v) is 23.2. The van der Waals surface area contributed by atoms with Crippen LogP contribution in [0.3, 0.4) is 0 Å². The lowest BCUT2D eigenvalue weighted by atomic mass is 9.88. The van der Waals surface area contributed by atoms with Crippen LogP contribution in [0.1, 0.15) is 169 Å². The molecule has 22 heteroatoms. The zero-order chi connectivity index (χ0) is 90.8. The van der Waals surface area contributed by atoms with Crippen molar-refractivity contribution in [2.75, 3.05) is 159 Å². The molecule has 0 saturated carbocycles. The second-order valence-electron chi connectivity index (χ2n) is 32.6. The summed E-state index contributed by atoms with van der Waals surface area (Å²) in [5, 5.41) is 64.4. The van der Waals surface area contributed by atoms with Crippen LogP contribution in [-0.2, 0) is 37.9 Å². The van der Waals surface area contributed by atoms with Gasteiger partial charge in [0.15, 0.2) is 0 Å². The molecule has 0 heterocycles. The number of phenols is 4. The zero-order valence-electron chi connectivity index (χ0n) is 77.4. The Hall–Kier alpha value is -10.9. The number of phenolic OH excluding ortho intramolecular Hbond substituents is 4. The van der Waals surface area contributed by atoms with Gasteiger partial charge in [0.1, 0.15) is 122 Å². The van der Waals surface area contributed by atoms with Gasteiger partial charge in [-0.25, -0.2) is 0 Å². The summed E-state index contributed by atoms with van der Waals surface area (Å²) in [7, 11) is 0. The van der Waals surface area contributed by atoms with Crippen LogP contribution in [0.15, 0.2) is 143 Å². The lowest BCUT2D eigenvalue weighted by Crippen LogP contribution is -2.09. The number of rotatable bonds is 60. The SMILES string of the molecule is CCCCOCCOc1cc2c(O)ccc(OCCOCCCC)c2c2c1ccc1ccc3c(OCCOCCCC)cc4c(O)c(C=Nc5ccccc5N=Cc5cc(OCCOCCCC)c6c(cc(OCCOCCCC)c7ccc8ccc9c(OCCOCCCC)cc%10c(O)ccc(OCCOCCCC)c%10c9c8c76)c5O)cc(OCCOCCCC)c4c3c12. The van der Waals surface area contributed by atoms with E-state index >= 15 is 0 Å². The van der Waals surface area contributed by atoms with E-state index in [-0.39, 0.29) is 89.1 Å². The Morgan fingerprint density at radius 2 is 0.454 bits per heavy atom. The maximum Gasteiger partial charge on any atom is 0.132 e. The summed E-state index contributed by atoms with van der Waals surface area (Å²) in [5.74, 6) is 3.79. The number of hydrogen-bond donors (Lipinski definition) is 4. The van der Waals surface area contributed by atoms with E-state index in [0.29, 0.717) is 215 Å². The van der Waals surface area contributed by atoms with E-state index in [1.54, 1.807) is 36.7 Å². The van der Waals surface area contributed by atoms with Crippen molar-refractivity contribution in [1.82, 2.24) is 0 Å². The summed E-state index contributed by atoms with van der Waals surface area (Å²) in [4.78, 5) is 10.4. The summed E-state index contributed by atoms with van der Waals surface area (Å²) in [6, 6.07) is 41.9. The van der Waals surface area contributed by atoms with Gasteiger partial charge in [0, 0.05) is 163 Å². The lowest BCUT2D eigenvalue weighted by molar-refractivity contribution is 0.0984. The molecule has 13 aromatic carbocycles. The van der Waals surface area contributed by atoms with Crippen molar-refractivity contribution in [2.45, 2.75) is 158 Å². The second-order valence-corrected chi connectivity index (χ2v) is 32.6. The molecule has 0 spiro atoms. The molecule has 13 rings (SSSR count). The number of aliphatic imine (C=N–C) groups is 2. The van der Waals surface area contributed by atoms with Crippen LogP contribution in [0.25, 0.3) is 108 Å². The molecule has 694 valence electrons. The minimum absolute atomic E-state index is 0.0318. The van der Waals surface area contributed by atoms with Gasteiger partial charge in [-0.1, -0.05) is 143 Å². The molecule has 0 unspecified atom stereocenters. The van der Waals surface area contributed by atoms with Gasteiger partial charge >= 0.3 is 0 Å². The molecule has 0 atom stereocenters. The highest BCUT2D eigenvalue weighted by molar-refractivity contribution is 6.38. The third-order valence-electron chi connectivity index (χ3n) is 23.2. The molecule has 0 aliphatic rings. The van der Waals surface area contributed by atoms with Crippen LogP contribution in [0.5, 0.6) is 69.0 Å². The number of unbranched alkanes of at least 4 members (excludes halogenated alkanes) is 8. The van der Waals surface area contributed by atoms with E-state index in [4.69, 9.17) is 85.8 Å². The Labute approximate surface area is 763 Å². The first-order valence-electron chi connectivity index (χ1n) is 47.4. The van der Waals surface area contributed by atoms with Crippen molar-refractivity contribution in [3.63, 3.8) is 0 Å². The minimum Gasteiger partial charge on any atom is -0.507 e. The van der Waals surface area contributed by atoms with E-state index in [0.717, 1.165) is 157 Å². The van der Waals surface area contributed by atoms with Crippen LogP contribution in [0.2, 0.25) is 0 Å². The van der Waals surface area contributed by atoms with E-state index < -0.39 is 0 Å². The van der Waals surface area contributed by atoms with Gasteiger partial charge in [-0.05, 0) is 170 Å². The number of benzene rings is 13. The van der Waals surface area contributed by atoms with Crippen LogP contribution in [-0.4, -0.2) is 191 Å². The summed E-state index contributed by atoms with van der Waals surface area (Å²) in [6.07, 6.45) is 18.3. The van der Waals surface area contributed by atoms with Gasteiger partial charge < -0.3 is 96.2 Å². The van der Waals surface area contributed by atoms with Crippen molar-refractivity contribution in [1.29, 1.82) is 0 Å². The Kier molecular flexibility index (Phi) is 37.5. The van der Waals surface area contributed by atoms with Crippen molar-refractivity contribution in [3.8, 4) is 69.0 Å². The van der Waals surface area contributed by atoms with Crippen LogP contribution >= 0.6 is 0 Å². The van der Waals surface area contributed by atoms with Gasteiger partial charge in [-0.3, -0.25) is 9.98 Å². The maximum atomic E-state index is 13.4. The van der Waals surface area contributed by atoms with E-state index in [2.05, 4.69) is 79.7 Å². The van der Waals surface area contributed by atoms with Crippen LogP contribution in [0, 0.1) is 0 Å². The summed E-state index contributed by atoms with van der Waals surface area (Å²) >= 11 is 0. The van der Waals surface area contributed by atoms with Crippen molar-refractivity contribution >= 4 is 132 Å². The van der Waals surface area contributed by atoms with Gasteiger partial charge in [0.25, 0.3) is 0 Å². The standard InChI is InChI=1S/C108H132N2O20/c1-9-17-41-115-49-57-123-89-39-37-87(111)81-67-91(125-59-51-117-43-19-11-3)77-33-29-73-31-35-79-93(127-61-53-119-45-21-13-5)69-83-101(105(79)97(73)103(77)99(81)89)95(129-63-55-121-47-23-15-7)65-75(107(83)113)71-109-85-27-25-26-28-86(85)110-72-76-66-96(130-64-56-122-48-24-16-8)102-84(108(76)114)70-94(128-62-54-120-46-22-14-6)80-36-32-74-30-34-78-92(126-60-52-118-44-20-12-4)68-82-88(112)38-40-90(124-58-50-116-42-18-10-2)100(82)104(78)98(74)106(80)102/h25-40,65-72,111-114H,9-24,41-64H2,1-8H3. The third kappa shape index (κ3) is 24.1. The lowest BCUT2D eigenvalue weighted by Gasteiger charge is -2.21. The maximum absolute atomic E-state index is 13.4. The first-order valence-corrected chi connectivity index (χ1v) is 47.4. The average molecular weight is 1780 g/mol. The molecule has 4 N–H and O–H groups in total. The fourth-order valence-electron chi connectivity index (χ4n) is 16.3. The number of aromatic hydroxyl groups is 4. The molecule has 0 radical (unpaired) electrons. The molecule has 13 aromatic rings. The summed E-state index contributed by atoms with van der Waals surface area (Å²) < 4.78 is 104. The number of fused-ring (bicyclic) bond motifs is 18. The fourth-order valence-corrected chi connectivity index (χ4v) is 16.3. The number of nitrogens with zero attached hydrogens (tertiary/aromatic N) is 2. The summed E-state index contributed by atoms with van der Waals surface area (Å²) in [5.41, 5.74) is 1.50. The predicted octanol–water partition coefficient (Wildman–Crippen LogP) is 25.1. The van der Waals surface area contributed by atoms with Crippen molar-refractivity contribution in [3.05, 3.63) is 145 Å². The smallest absolute Gasteiger partial charge is 0.132 e. The molecule has 0 aromatic heterocycles. The van der Waals surface area contributed by atoms with Gasteiger partial charge in [-0.15, -0.1) is 0 Å². The Morgan fingerprint density at radius 3 is 0.715 bits per heavy atom. The van der Waals surface area contributed by atoms with Gasteiger partial charge in [-0.2, -0.15) is 0 Å². The van der Waals surface area contributed by atoms with Gasteiger partial charge in [0.2, 0.25) is 0 Å². The van der Waals surface area contributed by atoms with Gasteiger partial charge in [0.05, 0.1) is 64.2 Å². The molecule has 0 aliphatic carbocycles. The fraction of sp³-hybridized carbons (Fsp3) is 0.444. The highest BCUT2D eigenvalue weighted by Crippen LogP contribution is 2.55. The Balaban J connectivity index is 1.00. The Bertz CT molecular complexity index is 5550. The first-order chi connectivity index (χ1) is 64.0. The number of hydrogen-bond acceptors (Lipinski definition) is 22. The molecule has 0 fully saturated rings. The van der Waals surface area contributed by atoms with Crippen molar-refractivity contribution < 1.29 is 96.2 Å². The highest BCUT2D eigenvalue weighted by Gasteiger charge is 2.28. The molecule has 0 aliphatic heterocycles. The highest BCUT2D eigenvalue weighted by atomic mass is 16.6. The average Bonchev–Trinajstić information content (AvgIpc) is 0.708. The zero-order valence-corrected chi connectivity index (χ0v) is 77.4. The molecule has 0 bridgehead atoms. The van der Waals surface area contributed by atoms with Crippen LogP contribution in [0.4, 0.5) is 11.4 Å². The topological polar surface area (TPSA) is 253 Å². The molecular weight excluding hydrogens is 1650 g/mol. The molecule has 22 nitrogen and oxygen atoms in total. The number of para-hydroxylation sites is 2. The van der Waals surface area contributed by atoms with Crippen molar-refractivity contribution in [2.24, 2.45) is 9.98 Å². The largest absolute Gasteiger partial charge is 0.507 e. The minimum atomic E-state index is -0.110. The molecule has 0 amide bonds. The van der Waals surface area contributed by atoms with E-state index in [1.807, 2.05) is 84.9 Å². The summed E-state index contributed by atoms with van der Waals surface area (Å²) in [6.45, 7) is 26.0. The Morgan fingerprint density at radius 1 is 0.215 bits per heavy atom. The molecular formula is C108H132N2O20. The molecule has 0 saturated heterocycles. The quantitative estimate of drug-likeness (QED) is 0.0157. The van der Waals surface area contributed by atoms with E-state index in [9.17, 15) is 20.4 Å². The monoisotopic (exact) mass is 1780 g/mol.